The minimum absolute atomic E-state index is 0.750. The lowest BCUT2D eigenvalue weighted by molar-refractivity contribution is 0.415. The minimum atomic E-state index is 0.750. The summed E-state index contributed by atoms with van der Waals surface area (Å²) < 4.78 is 7.51. The van der Waals surface area contributed by atoms with E-state index in [2.05, 4.69) is 17.6 Å². The number of aromatic nitrogens is 2. The number of imidazole rings is 1. The van der Waals surface area contributed by atoms with Gasteiger partial charge in [0.2, 0.25) is 0 Å². The molecule has 0 unspecified atom stereocenters. The fraction of sp³-hybridized carbons (Fsp3) is 0.500. The van der Waals surface area contributed by atoms with Gasteiger partial charge in [0.15, 0.2) is 0 Å². The van der Waals surface area contributed by atoms with Crippen LogP contribution in [0.5, 0.6) is 5.75 Å². The average molecular weight is 247 g/mol. The first-order valence-electron chi connectivity index (χ1n) is 6.53. The molecule has 2 rings (SSSR count). The molecule has 0 fully saturated rings. The van der Waals surface area contributed by atoms with Crippen molar-refractivity contribution < 1.29 is 4.74 Å². The Morgan fingerprint density at radius 3 is 2.83 bits per heavy atom. The van der Waals surface area contributed by atoms with E-state index in [-0.39, 0.29) is 0 Å². The van der Waals surface area contributed by atoms with Crippen LogP contribution in [0.1, 0.15) is 25.6 Å². The molecular formula is C14H21N3O. The largest absolute Gasteiger partial charge is 0.497 e. The van der Waals surface area contributed by atoms with Crippen LogP contribution in [0.15, 0.2) is 18.2 Å². The quantitative estimate of drug-likeness (QED) is 0.797. The van der Waals surface area contributed by atoms with E-state index in [1.54, 1.807) is 7.11 Å². The van der Waals surface area contributed by atoms with Gasteiger partial charge in [0.25, 0.3) is 0 Å². The van der Waals surface area contributed by atoms with Gasteiger partial charge in [0, 0.05) is 19.0 Å². The van der Waals surface area contributed by atoms with Gasteiger partial charge in [-0.25, -0.2) is 4.98 Å². The third-order valence-electron chi connectivity index (χ3n) is 3.21. The number of hydrogen-bond acceptors (Lipinski definition) is 3. The molecule has 1 aromatic carbocycles. The highest BCUT2D eigenvalue weighted by Crippen LogP contribution is 2.22. The van der Waals surface area contributed by atoms with Crippen molar-refractivity contribution in [2.45, 2.75) is 32.7 Å². The smallest absolute Gasteiger partial charge is 0.121 e. The summed E-state index contributed by atoms with van der Waals surface area (Å²) in [6, 6.07) is 6.06. The van der Waals surface area contributed by atoms with Crippen LogP contribution < -0.4 is 10.5 Å². The molecule has 2 N–H and O–H groups in total. The molecule has 1 aromatic heterocycles. The fourth-order valence-electron chi connectivity index (χ4n) is 2.26. The van der Waals surface area contributed by atoms with Crippen LogP contribution in [0.4, 0.5) is 0 Å². The van der Waals surface area contributed by atoms with Crippen LogP contribution in [0.25, 0.3) is 11.0 Å². The lowest BCUT2D eigenvalue weighted by Gasteiger charge is -2.05. The number of benzene rings is 1. The van der Waals surface area contributed by atoms with Crippen molar-refractivity contribution in [1.29, 1.82) is 0 Å². The SMILES string of the molecule is CCn1c(CCCCN)nc2cc(OC)ccc21. The lowest BCUT2D eigenvalue weighted by atomic mass is 10.2. The molecule has 4 nitrogen and oxygen atoms in total. The molecule has 0 aliphatic rings. The molecule has 0 radical (unpaired) electrons. The molecule has 0 amide bonds. The molecule has 0 saturated carbocycles. The molecule has 0 aliphatic carbocycles. The van der Waals surface area contributed by atoms with E-state index < -0.39 is 0 Å². The molecule has 0 spiro atoms. The van der Waals surface area contributed by atoms with Crippen molar-refractivity contribution in [3.05, 3.63) is 24.0 Å². The van der Waals surface area contributed by atoms with Gasteiger partial charge in [-0.15, -0.1) is 0 Å². The predicted molar refractivity (Wildman–Crippen MR) is 74.0 cm³/mol. The highest BCUT2D eigenvalue weighted by molar-refractivity contribution is 5.77. The van der Waals surface area contributed by atoms with Crippen molar-refractivity contribution in [3.8, 4) is 5.75 Å². The molecule has 1 heterocycles. The first kappa shape index (κ1) is 12.9. The van der Waals surface area contributed by atoms with Crippen molar-refractivity contribution in [3.63, 3.8) is 0 Å². The van der Waals surface area contributed by atoms with Gasteiger partial charge in [0.05, 0.1) is 18.1 Å². The summed E-state index contributed by atoms with van der Waals surface area (Å²) in [5.41, 5.74) is 7.73. The molecule has 0 bridgehead atoms. The van der Waals surface area contributed by atoms with E-state index in [0.717, 1.165) is 49.4 Å². The summed E-state index contributed by atoms with van der Waals surface area (Å²) in [4.78, 5) is 4.71. The van der Waals surface area contributed by atoms with E-state index in [9.17, 15) is 0 Å². The second kappa shape index (κ2) is 5.87. The van der Waals surface area contributed by atoms with E-state index in [1.165, 1.54) is 5.52 Å². The third-order valence-corrected chi connectivity index (χ3v) is 3.21. The zero-order valence-electron chi connectivity index (χ0n) is 11.1. The van der Waals surface area contributed by atoms with Gasteiger partial charge < -0.3 is 15.0 Å². The van der Waals surface area contributed by atoms with Crippen LogP contribution in [0, 0.1) is 0 Å². The Hall–Kier alpha value is -1.55. The van der Waals surface area contributed by atoms with E-state index in [1.807, 2.05) is 12.1 Å². The summed E-state index contributed by atoms with van der Waals surface area (Å²) in [5.74, 6) is 2.01. The zero-order valence-corrected chi connectivity index (χ0v) is 11.1. The average Bonchev–Trinajstić information content (AvgIpc) is 2.75. The number of hydrogen-bond donors (Lipinski definition) is 1. The van der Waals surface area contributed by atoms with Crippen LogP contribution in [-0.4, -0.2) is 23.2 Å². The van der Waals surface area contributed by atoms with Crippen molar-refractivity contribution >= 4 is 11.0 Å². The number of fused-ring (bicyclic) bond motifs is 1. The second-order valence-corrected chi connectivity index (χ2v) is 4.37. The van der Waals surface area contributed by atoms with E-state index in [0.29, 0.717) is 0 Å². The third kappa shape index (κ3) is 2.48. The number of methoxy groups -OCH3 is 1. The summed E-state index contributed by atoms with van der Waals surface area (Å²) in [7, 11) is 1.68. The maximum absolute atomic E-state index is 5.53. The van der Waals surface area contributed by atoms with Crippen LogP contribution in [0.2, 0.25) is 0 Å². The first-order chi connectivity index (χ1) is 8.80. The Labute approximate surface area is 108 Å². The number of ether oxygens (including phenoxy) is 1. The molecule has 2 aromatic rings. The van der Waals surface area contributed by atoms with Gasteiger partial charge in [-0.3, -0.25) is 0 Å². The van der Waals surface area contributed by atoms with Crippen molar-refractivity contribution in [2.24, 2.45) is 5.73 Å². The molecule has 0 saturated heterocycles. The van der Waals surface area contributed by atoms with E-state index in [4.69, 9.17) is 15.5 Å². The number of aryl methyl sites for hydroxylation is 2. The summed E-state index contributed by atoms with van der Waals surface area (Å²) in [5, 5.41) is 0. The predicted octanol–water partition coefficient (Wildman–Crippen LogP) is 2.35. The van der Waals surface area contributed by atoms with Gasteiger partial charge in [-0.2, -0.15) is 0 Å². The molecule has 18 heavy (non-hydrogen) atoms. The number of rotatable bonds is 6. The number of unbranched alkanes of at least 4 members (excludes halogenated alkanes) is 1. The maximum atomic E-state index is 5.53. The molecule has 4 heteroatoms. The van der Waals surface area contributed by atoms with Gasteiger partial charge in [-0.1, -0.05) is 0 Å². The first-order valence-corrected chi connectivity index (χ1v) is 6.53. The van der Waals surface area contributed by atoms with Crippen LogP contribution in [0.3, 0.4) is 0 Å². The topological polar surface area (TPSA) is 53.1 Å². The summed E-state index contributed by atoms with van der Waals surface area (Å²) >= 11 is 0. The normalized spacial score (nSPS) is 11.1. The molecular weight excluding hydrogens is 226 g/mol. The summed E-state index contributed by atoms with van der Waals surface area (Å²) in [6.45, 7) is 3.85. The van der Waals surface area contributed by atoms with Crippen molar-refractivity contribution in [1.82, 2.24) is 9.55 Å². The van der Waals surface area contributed by atoms with Gasteiger partial charge in [0.1, 0.15) is 11.6 Å². The fourth-order valence-corrected chi connectivity index (χ4v) is 2.26. The molecule has 0 atom stereocenters. The second-order valence-electron chi connectivity index (χ2n) is 4.37. The van der Waals surface area contributed by atoms with Crippen LogP contribution >= 0.6 is 0 Å². The standard InChI is InChI=1S/C14H21N3O/c1-3-17-13-8-7-11(18-2)10-12(13)16-14(17)6-4-5-9-15/h7-8,10H,3-6,9,15H2,1-2H3. The maximum Gasteiger partial charge on any atom is 0.121 e. The molecule has 98 valence electrons. The van der Waals surface area contributed by atoms with Gasteiger partial charge in [-0.05, 0) is 38.4 Å². The number of nitrogens with two attached hydrogens (primary N) is 1. The zero-order chi connectivity index (χ0) is 13.0. The van der Waals surface area contributed by atoms with E-state index >= 15 is 0 Å². The Balaban J connectivity index is 2.34. The highest BCUT2D eigenvalue weighted by atomic mass is 16.5. The minimum Gasteiger partial charge on any atom is -0.497 e. The Bertz CT molecular complexity index is 519. The number of nitrogens with zero attached hydrogens (tertiary/aromatic N) is 2. The Kier molecular flexibility index (Phi) is 4.20. The molecule has 0 aliphatic heterocycles. The summed E-state index contributed by atoms with van der Waals surface area (Å²) in [6.07, 6.45) is 3.13. The monoisotopic (exact) mass is 247 g/mol. The van der Waals surface area contributed by atoms with Gasteiger partial charge >= 0.3 is 0 Å². The highest BCUT2D eigenvalue weighted by Gasteiger charge is 2.09. The Morgan fingerprint density at radius 2 is 2.17 bits per heavy atom. The van der Waals surface area contributed by atoms with Crippen LogP contribution in [-0.2, 0) is 13.0 Å². The van der Waals surface area contributed by atoms with Crippen molar-refractivity contribution in [2.75, 3.05) is 13.7 Å². The lowest BCUT2D eigenvalue weighted by Crippen LogP contribution is -2.04. The Morgan fingerprint density at radius 1 is 1.33 bits per heavy atom.